The maximum atomic E-state index is 12.3. The number of likely N-dealkylation sites (tertiary alicyclic amines) is 1. The van der Waals surface area contributed by atoms with Crippen LogP contribution >= 0.6 is 0 Å². The Morgan fingerprint density at radius 2 is 2.04 bits per heavy atom. The molecule has 0 unspecified atom stereocenters. The van der Waals surface area contributed by atoms with Crippen LogP contribution < -0.4 is 5.32 Å². The van der Waals surface area contributed by atoms with Gasteiger partial charge in [0.1, 0.15) is 5.60 Å². The molecule has 132 valence electrons. The van der Waals surface area contributed by atoms with Crippen LogP contribution in [0.2, 0.25) is 0 Å². The largest absolute Gasteiger partial charge is 0.444 e. The van der Waals surface area contributed by atoms with Gasteiger partial charge in [-0.2, -0.15) is 0 Å². The van der Waals surface area contributed by atoms with Crippen molar-refractivity contribution in [2.75, 3.05) is 13.1 Å². The highest BCUT2D eigenvalue weighted by molar-refractivity contribution is 5.69. The molecule has 0 radical (unpaired) electrons. The molecule has 0 bridgehead atoms. The minimum absolute atomic E-state index is 0.120. The Balaban J connectivity index is 1.70. The molecule has 1 aromatic rings. The van der Waals surface area contributed by atoms with Gasteiger partial charge in [-0.1, -0.05) is 36.8 Å². The van der Waals surface area contributed by atoms with Gasteiger partial charge in [-0.25, -0.2) is 4.79 Å². The quantitative estimate of drug-likeness (QED) is 0.906. The first-order valence-electron chi connectivity index (χ1n) is 9.09. The van der Waals surface area contributed by atoms with Crippen LogP contribution in [0.3, 0.4) is 0 Å². The van der Waals surface area contributed by atoms with E-state index < -0.39 is 5.60 Å². The normalized spacial score (nSPS) is 28.4. The van der Waals surface area contributed by atoms with Gasteiger partial charge in [0.25, 0.3) is 0 Å². The Bertz CT molecular complexity index is 581. The van der Waals surface area contributed by atoms with Crippen LogP contribution in [0.1, 0.15) is 58.6 Å². The molecule has 1 heterocycles. The minimum Gasteiger partial charge on any atom is -0.444 e. The number of rotatable bonds is 3. The summed E-state index contributed by atoms with van der Waals surface area (Å²) in [5.74, 6) is 0.524. The summed E-state index contributed by atoms with van der Waals surface area (Å²) in [6.45, 7) is 9.95. The van der Waals surface area contributed by atoms with Gasteiger partial charge >= 0.3 is 6.09 Å². The fourth-order valence-electron chi connectivity index (χ4n) is 4.28. The molecule has 1 N–H and O–H groups in total. The fourth-order valence-corrected chi connectivity index (χ4v) is 4.28. The van der Waals surface area contributed by atoms with E-state index in [9.17, 15) is 4.79 Å². The summed E-state index contributed by atoms with van der Waals surface area (Å²) in [5.41, 5.74) is 0.764. The number of ether oxygens (including phenoxy) is 1. The van der Waals surface area contributed by atoms with Crippen molar-refractivity contribution in [1.82, 2.24) is 10.2 Å². The lowest BCUT2D eigenvalue weighted by atomic mass is 9.91. The summed E-state index contributed by atoms with van der Waals surface area (Å²) < 4.78 is 5.51. The van der Waals surface area contributed by atoms with Crippen molar-refractivity contribution in [1.29, 1.82) is 0 Å². The van der Waals surface area contributed by atoms with Crippen molar-refractivity contribution in [3.05, 3.63) is 35.9 Å². The standard InChI is InChI=1S/C20H30N2O2/c1-15(16-9-6-5-7-10-16)22-13-17-11-8-12-20(17,14-22)21-18(23)24-19(2,3)4/h5-7,9-10,15,17H,8,11-14H2,1-4H3,(H,21,23)/t15-,17-,20-/m1/s1. The molecule has 1 aliphatic carbocycles. The summed E-state index contributed by atoms with van der Waals surface area (Å²) in [4.78, 5) is 14.9. The number of nitrogens with one attached hydrogen (secondary N) is 1. The van der Waals surface area contributed by atoms with E-state index in [1.54, 1.807) is 0 Å². The Kier molecular flexibility index (Phi) is 4.60. The molecular weight excluding hydrogens is 300 g/mol. The summed E-state index contributed by atoms with van der Waals surface area (Å²) in [6.07, 6.45) is 3.15. The maximum Gasteiger partial charge on any atom is 0.408 e. The second-order valence-electron chi connectivity index (χ2n) is 8.39. The molecule has 0 spiro atoms. The second kappa shape index (κ2) is 6.40. The minimum atomic E-state index is -0.454. The Morgan fingerprint density at radius 3 is 2.71 bits per heavy atom. The lowest BCUT2D eigenvalue weighted by Crippen LogP contribution is -2.53. The highest BCUT2D eigenvalue weighted by Gasteiger charge is 2.51. The van der Waals surface area contributed by atoms with E-state index in [4.69, 9.17) is 4.74 Å². The van der Waals surface area contributed by atoms with Gasteiger partial charge in [0.2, 0.25) is 0 Å². The van der Waals surface area contributed by atoms with Crippen LogP contribution in [-0.4, -0.2) is 35.2 Å². The lowest BCUT2D eigenvalue weighted by Gasteiger charge is -2.33. The van der Waals surface area contributed by atoms with Crippen molar-refractivity contribution in [2.24, 2.45) is 5.92 Å². The molecule has 1 amide bonds. The smallest absolute Gasteiger partial charge is 0.408 e. The molecule has 1 saturated carbocycles. The molecule has 1 aliphatic heterocycles. The summed E-state index contributed by atoms with van der Waals surface area (Å²) >= 11 is 0. The number of hydrogen-bond donors (Lipinski definition) is 1. The van der Waals surface area contributed by atoms with E-state index in [1.165, 1.54) is 18.4 Å². The first-order valence-corrected chi connectivity index (χ1v) is 9.09. The highest BCUT2D eigenvalue weighted by Crippen LogP contribution is 2.44. The maximum absolute atomic E-state index is 12.3. The number of alkyl carbamates (subject to hydrolysis) is 1. The van der Waals surface area contributed by atoms with Crippen molar-refractivity contribution in [2.45, 2.75) is 64.1 Å². The summed E-state index contributed by atoms with van der Waals surface area (Å²) in [7, 11) is 0. The Hall–Kier alpha value is -1.55. The van der Waals surface area contributed by atoms with E-state index in [2.05, 4.69) is 47.5 Å². The van der Waals surface area contributed by atoms with Gasteiger partial charge in [0.15, 0.2) is 0 Å². The number of amides is 1. The number of hydrogen-bond acceptors (Lipinski definition) is 3. The van der Waals surface area contributed by atoms with Crippen molar-refractivity contribution in [3.8, 4) is 0 Å². The molecule has 3 atom stereocenters. The predicted molar refractivity (Wildman–Crippen MR) is 95.9 cm³/mol. The number of carbonyl (C=O) groups is 1. The summed E-state index contributed by atoms with van der Waals surface area (Å²) in [6, 6.07) is 11.0. The van der Waals surface area contributed by atoms with Crippen LogP contribution in [0.15, 0.2) is 30.3 Å². The Labute approximate surface area is 145 Å². The van der Waals surface area contributed by atoms with Crippen molar-refractivity contribution < 1.29 is 9.53 Å². The van der Waals surface area contributed by atoms with Gasteiger partial charge in [0, 0.05) is 19.1 Å². The van der Waals surface area contributed by atoms with E-state index in [0.717, 1.165) is 19.5 Å². The van der Waals surface area contributed by atoms with Crippen LogP contribution in [0.4, 0.5) is 4.79 Å². The molecule has 4 nitrogen and oxygen atoms in total. The van der Waals surface area contributed by atoms with Crippen LogP contribution in [0, 0.1) is 5.92 Å². The first-order chi connectivity index (χ1) is 11.3. The molecule has 3 rings (SSSR count). The zero-order valence-electron chi connectivity index (χ0n) is 15.3. The molecule has 4 heteroatoms. The van der Waals surface area contributed by atoms with Gasteiger partial charge < -0.3 is 10.1 Å². The summed E-state index contributed by atoms with van der Waals surface area (Å²) in [5, 5.41) is 3.24. The molecular formula is C20H30N2O2. The highest BCUT2D eigenvalue weighted by atomic mass is 16.6. The third kappa shape index (κ3) is 3.59. The van der Waals surface area contributed by atoms with Crippen molar-refractivity contribution >= 4 is 6.09 Å². The average Bonchev–Trinajstić information content (AvgIpc) is 3.01. The van der Waals surface area contributed by atoms with Gasteiger partial charge in [-0.15, -0.1) is 0 Å². The zero-order chi connectivity index (χ0) is 17.4. The third-order valence-corrected chi connectivity index (χ3v) is 5.48. The third-order valence-electron chi connectivity index (χ3n) is 5.48. The molecule has 24 heavy (non-hydrogen) atoms. The lowest BCUT2D eigenvalue weighted by molar-refractivity contribution is 0.0442. The first kappa shape index (κ1) is 17.3. The Morgan fingerprint density at radius 1 is 1.33 bits per heavy atom. The number of fused-ring (bicyclic) bond motifs is 1. The molecule has 0 aromatic heterocycles. The molecule has 2 aliphatic rings. The van der Waals surface area contributed by atoms with Crippen LogP contribution in [0.5, 0.6) is 0 Å². The topological polar surface area (TPSA) is 41.6 Å². The molecule has 2 fully saturated rings. The van der Waals surface area contributed by atoms with E-state index in [-0.39, 0.29) is 11.6 Å². The fraction of sp³-hybridized carbons (Fsp3) is 0.650. The van der Waals surface area contributed by atoms with E-state index in [0.29, 0.717) is 12.0 Å². The van der Waals surface area contributed by atoms with Gasteiger partial charge in [0.05, 0.1) is 5.54 Å². The number of benzene rings is 1. The van der Waals surface area contributed by atoms with Crippen LogP contribution in [-0.2, 0) is 4.74 Å². The monoisotopic (exact) mass is 330 g/mol. The average molecular weight is 330 g/mol. The van der Waals surface area contributed by atoms with Crippen LogP contribution in [0.25, 0.3) is 0 Å². The van der Waals surface area contributed by atoms with Gasteiger partial charge in [-0.3, -0.25) is 4.90 Å². The SMILES string of the molecule is C[C@H](c1ccccc1)N1C[C@H]2CCC[C@@]2(NC(=O)OC(C)(C)C)C1. The molecule has 1 aromatic carbocycles. The number of carbonyl (C=O) groups excluding carboxylic acids is 1. The van der Waals surface area contributed by atoms with E-state index in [1.807, 2.05) is 20.8 Å². The van der Waals surface area contributed by atoms with E-state index >= 15 is 0 Å². The predicted octanol–water partition coefficient (Wildman–Crippen LogP) is 4.13. The number of nitrogens with zero attached hydrogens (tertiary/aromatic N) is 1. The molecule has 1 saturated heterocycles. The second-order valence-corrected chi connectivity index (χ2v) is 8.39. The van der Waals surface area contributed by atoms with Gasteiger partial charge in [-0.05, 0) is 52.0 Å². The van der Waals surface area contributed by atoms with Crippen molar-refractivity contribution in [3.63, 3.8) is 0 Å². The zero-order valence-corrected chi connectivity index (χ0v) is 15.3.